The minimum absolute atomic E-state index is 0.222. The lowest BCUT2D eigenvalue weighted by Crippen LogP contribution is -2.32. The number of carbonyl (C=O) groups excluding carboxylic acids is 2. The van der Waals surface area contributed by atoms with E-state index in [2.05, 4.69) is 16.1 Å². The molecular formula is C12H20O4. The Hall–Kier alpha value is -1.32. The van der Waals surface area contributed by atoms with Gasteiger partial charge in [-0.2, -0.15) is 0 Å². The molecule has 0 aromatic rings. The molecule has 0 bridgehead atoms. The van der Waals surface area contributed by atoms with Gasteiger partial charge in [0.15, 0.2) is 5.92 Å². The quantitative estimate of drug-likeness (QED) is 0.379. The van der Waals surface area contributed by atoms with Crippen molar-refractivity contribution in [2.75, 3.05) is 14.2 Å². The molecule has 0 spiro atoms. The fraction of sp³-hybridized carbons (Fsp3) is 0.667. The number of unbranched alkanes of at least 4 members (excludes halogenated alkanes) is 1. The second-order valence-corrected chi connectivity index (χ2v) is 3.57. The summed E-state index contributed by atoms with van der Waals surface area (Å²) in [6.07, 6.45) is 4.28. The van der Waals surface area contributed by atoms with Crippen LogP contribution in [0.25, 0.3) is 0 Å². The number of allylic oxidation sites excluding steroid dienone is 1. The van der Waals surface area contributed by atoms with Crippen molar-refractivity contribution in [3.8, 4) is 0 Å². The van der Waals surface area contributed by atoms with Gasteiger partial charge in [0.25, 0.3) is 0 Å². The summed E-state index contributed by atoms with van der Waals surface area (Å²) in [6.45, 7) is 5.70. The summed E-state index contributed by atoms with van der Waals surface area (Å²) in [6, 6.07) is 0. The smallest absolute Gasteiger partial charge is 0.320 e. The molecule has 1 atom stereocenters. The van der Waals surface area contributed by atoms with E-state index in [4.69, 9.17) is 0 Å². The van der Waals surface area contributed by atoms with E-state index in [0.29, 0.717) is 0 Å². The van der Waals surface area contributed by atoms with Crippen LogP contribution < -0.4 is 0 Å². The molecule has 0 saturated heterocycles. The largest absolute Gasteiger partial charge is 0.468 e. The SMILES string of the molecule is C=C[C@@H](CCCC)C(C(=O)OC)C(=O)OC. The fourth-order valence-corrected chi connectivity index (χ4v) is 1.56. The minimum atomic E-state index is -0.890. The lowest BCUT2D eigenvalue weighted by Gasteiger charge is -2.19. The molecule has 0 radical (unpaired) electrons. The molecule has 0 aromatic carbocycles. The first-order valence-electron chi connectivity index (χ1n) is 5.40. The van der Waals surface area contributed by atoms with Gasteiger partial charge in [0.1, 0.15) is 0 Å². The van der Waals surface area contributed by atoms with Gasteiger partial charge in [0.2, 0.25) is 0 Å². The van der Waals surface area contributed by atoms with Crippen LogP contribution in [0.5, 0.6) is 0 Å². The molecular weight excluding hydrogens is 208 g/mol. The zero-order valence-corrected chi connectivity index (χ0v) is 10.2. The Morgan fingerprint density at radius 3 is 2.06 bits per heavy atom. The van der Waals surface area contributed by atoms with Gasteiger partial charge in [0.05, 0.1) is 14.2 Å². The number of hydrogen-bond donors (Lipinski definition) is 0. The van der Waals surface area contributed by atoms with Crippen LogP contribution >= 0.6 is 0 Å². The van der Waals surface area contributed by atoms with E-state index in [1.165, 1.54) is 14.2 Å². The first-order valence-corrected chi connectivity index (χ1v) is 5.40. The second-order valence-electron chi connectivity index (χ2n) is 3.57. The molecule has 0 aromatic heterocycles. The van der Waals surface area contributed by atoms with Crippen LogP contribution in [-0.2, 0) is 19.1 Å². The Morgan fingerprint density at radius 1 is 1.25 bits per heavy atom. The molecule has 0 rings (SSSR count). The molecule has 0 unspecified atom stereocenters. The van der Waals surface area contributed by atoms with Crippen molar-refractivity contribution in [3.05, 3.63) is 12.7 Å². The third-order valence-corrected chi connectivity index (χ3v) is 2.53. The van der Waals surface area contributed by atoms with Crippen molar-refractivity contribution < 1.29 is 19.1 Å². The number of ether oxygens (including phenoxy) is 2. The highest BCUT2D eigenvalue weighted by Crippen LogP contribution is 2.22. The average molecular weight is 228 g/mol. The molecule has 0 aliphatic heterocycles. The highest BCUT2D eigenvalue weighted by atomic mass is 16.5. The van der Waals surface area contributed by atoms with Gasteiger partial charge < -0.3 is 9.47 Å². The topological polar surface area (TPSA) is 52.6 Å². The summed E-state index contributed by atoms with van der Waals surface area (Å²) in [5, 5.41) is 0. The predicted octanol–water partition coefficient (Wildman–Crippen LogP) is 1.94. The molecule has 0 fully saturated rings. The van der Waals surface area contributed by atoms with Crippen LogP contribution in [-0.4, -0.2) is 26.2 Å². The zero-order valence-electron chi connectivity index (χ0n) is 10.2. The van der Waals surface area contributed by atoms with Crippen LogP contribution in [0.3, 0.4) is 0 Å². The maximum atomic E-state index is 11.5. The highest BCUT2D eigenvalue weighted by Gasteiger charge is 2.34. The highest BCUT2D eigenvalue weighted by molar-refractivity contribution is 5.95. The van der Waals surface area contributed by atoms with Gasteiger partial charge in [-0.3, -0.25) is 9.59 Å². The molecule has 92 valence electrons. The van der Waals surface area contributed by atoms with E-state index in [9.17, 15) is 9.59 Å². The molecule has 0 aliphatic rings. The molecule has 0 heterocycles. The Kier molecular flexibility index (Phi) is 7.25. The van der Waals surface area contributed by atoms with Gasteiger partial charge >= 0.3 is 11.9 Å². The van der Waals surface area contributed by atoms with Crippen molar-refractivity contribution in [2.45, 2.75) is 26.2 Å². The molecule has 0 aliphatic carbocycles. The summed E-state index contributed by atoms with van der Waals surface area (Å²) in [5.74, 6) is -2.24. The molecule has 0 saturated carbocycles. The third kappa shape index (κ3) is 4.04. The minimum Gasteiger partial charge on any atom is -0.468 e. The number of carbonyl (C=O) groups is 2. The third-order valence-electron chi connectivity index (χ3n) is 2.53. The van der Waals surface area contributed by atoms with E-state index in [-0.39, 0.29) is 5.92 Å². The van der Waals surface area contributed by atoms with Crippen molar-refractivity contribution in [1.29, 1.82) is 0 Å². The summed E-state index contributed by atoms with van der Waals surface area (Å²) >= 11 is 0. The van der Waals surface area contributed by atoms with E-state index in [1.54, 1.807) is 6.08 Å². The Bertz CT molecular complexity index is 231. The van der Waals surface area contributed by atoms with Gasteiger partial charge in [0, 0.05) is 5.92 Å². The Morgan fingerprint density at radius 2 is 1.75 bits per heavy atom. The van der Waals surface area contributed by atoms with Crippen molar-refractivity contribution in [3.63, 3.8) is 0 Å². The number of rotatable bonds is 7. The zero-order chi connectivity index (χ0) is 12.6. The predicted molar refractivity (Wildman–Crippen MR) is 60.7 cm³/mol. The van der Waals surface area contributed by atoms with Crippen molar-refractivity contribution >= 4 is 11.9 Å². The molecule has 0 amide bonds. The summed E-state index contributed by atoms with van der Waals surface area (Å²) in [4.78, 5) is 23.0. The van der Waals surface area contributed by atoms with E-state index in [1.807, 2.05) is 6.92 Å². The monoisotopic (exact) mass is 228 g/mol. The lowest BCUT2D eigenvalue weighted by molar-refractivity contribution is -0.160. The molecule has 4 nitrogen and oxygen atoms in total. The van der Waals surface area contributed by atoms with Crippen LogP contribution in [0, 0.1) is 11.8 Å². The van der Waals surface area contributed by atoms with Gasteiger partial charge in [-0.05, 0) is 6.42 Å². The number of hydrogen-bond acceptors (Lipinski definition) is 4. The van der Waals surface area contributed by atoms with Gasteiger partial charge in [-0.15, -0.1) is 6.58 Å². The van der Waals surface area contributed by atoms with Crippen LogP contribution in [0.1, 0.15) is 26.2 Å². The lowest BCUT2D eigenvalue weighted by atomic mass is 9.88. The van der Waals surface area contributed by atoms with Gasteiger partial charge in [-0.25, -0.2) is 0 Å². The van der Waals surface area contributed by atoms with E-state index >= 15 is 0 Å². The van der Waals surface area contributed by atoms with Gasteiger partial charge in [-0.1, -0.05) is 25.8 Å². The van der Waals surface area contributed by atoms with Crippen LogP contribution in [0.15, 0.2) is 12.7 Å². The Labute approximate surface area is 96.6 Å². The molecule has 4 heteroatoms. The molecule has 0 N–H and O–H groups in total. The normalized spacial score (nSPS) is 12.0. The van der Waals surface area contributed by atoms with Crippen molar-refractivity contribution in [2.24, 2.45) is 11.8 Å². The second kappa shape index (κ2) is 7.91. The fourth-order valence-electron chi connectivity index (χ4n) is 1.56. The molecule has 16 heavy (non-hydrogen) atoms. The van der Waals surface area contributed by atoms with Crippen LogP contribution in [0.4, 0.5) is 0 Å². The number of esters is 2. The Balaban J connectivity index is 4.75. The maximum Gasteiger partial charge on any atom is 0.320 e. The first-order chi connectivity index (χ1) is 7.62. The number of methoxy groups -OCH3 is 2. The van der Waals surface area contributed by atoms with E-state index < -0.39 is 17.9 Å². The van der Waals surface area contributed by atoms with Crippen molar-refractivity contribution in [1.82, 2.24) is 0 Å². The van der Waals surface area contributed by atoms with E-state index in [0.717, 1.165) is 19.3 Å². The first kappa shape index (κ1) is 14.7. The standard InChI is InChI=1S/C12H20O4/c1-5-7-8-9(6-2)10(11(13)15-3)12(14)16-4/h6,9-10H,2,5,7-8H2,1,3-4H3/t9-/m0/s1. The summed E-state index contributed by atoms with van der Waals surface area (Å²) in [5.41, 5.74) is 0. The average Bonchev–Trinajstić information content (AvgIpc) is 2.32. The summed E-state index contributed by atoms with van der Waals surface area (Å²) in [7, 11) is 2.52. The van der Waals surface area contributed by atoms with Crippen LogP contribution in [0.2, 0.25) is 0 Å². The summed E-state index contributed by atoms with van der Waals surface area (Å²) < 4.78 is 9.22. The maximum absolute atomic E-state index is 11.5.